The molecule has 0 atom stereocenters. The minimum absolute atomic E-state index is 0.108. The Morgan fingerprint density at radius 3 is 2.22 bits per heavy atom. The average molecular weight is 368 g/mol. The first-order chi connectivity index (χ1) is 13.0. The maximum Gasteiger partial charge on any atom is 0.339 e. The van der Waals surface area contributed by atoms with Crippen molar-refractivity contribution in [3.8, 4) is 5.69 Å². The molecule has 5 heteroatoms. The van der Waals surface area contributed by atoms with Crippen LogP contribution in [0.4, 0.5) is 0 Å². The molecule has 5 nitrogen and oxygen atoms in total. The lowest BCUT2D eigenvalue weighted by atomic mass is 10.1. The van der Waals surface area contributed by atoms with Crippen LogP contribution in [0.15, 0.2) is 30.3 Å². The number of amides is 1. The van der Waals surface area contributed by atoms with E-state index in [4.69, 9.17) is 4.74 Å². The molecule has 1 aromatic carbocycles. The topological polar surface area (TPSA) is 51.5 Å². The van der Waals surface area contributed by atoms with Crippen LogP contribution in [0.1, 0.15) is 64.7 Å². The zero-order valence-electron chi connectivity index (χ0n) is 16.5. The van der Waals surface area contributed by atoms with E-state index >= 15 is 0 Å². The third kappa shape index (κ3) is 4.07. The Morgan fingerprint density at radius 2 is 1.63 bits per heavy atom. The molecule has 2 aromatic rings. The minimum atomic E-state index is -0.301. The summed E-state index contributed by atoms with van der Waals surface area (Å²) in [7, 11) is 0. The number of esters is 1. The van der Waals surface area contributed by atoms with Crippen LogP contribution in [-0.2, 0) is 4.74 Å². The number of rotatable bonds is 4. The van der Waals surface area contributed by atoms with Crippen LogP contribution in [0.25, 0.3) is 5.69 Å². The van der Waals surface area contributed by atoms with Gasteiger partial charge in [-0.05, 0) is 63.9 Å². The quantitative estimate of drug-likeness (QED) is 0.757. The Kier molecular flexibility index (Phi) is 5.99. The van der Waals surface area contributed by atoms with Gasteiger partial charge in [0.15, 0.2) is 0 Å². The van der Waals surface area contributed by atoms with Gasteiger partial charge in [-0.2, -0.15) is 0 Å². The SMILES string of the molecule is CCOC(=O)c1cc(C)n(-c2ccc(C(=O)N3CCCCCC3)cc2)c1C. The molecule has 0 bridgehead atoms. The molecule has 27 heavy (non-hydrogen) atoms. The second-order valence-electron chi connectivity index (χ2n) is 7.09. The normalized spacial score (nSPS) is 14.7. The summed E-state index contributed by atoms with van der Waals surface area (Å²) in [6.07, 6.45) is 4.58. The number of likely N-dealkylation sites (tertiary alicyclic amines) is 1. The lowest BCUT2D eigenvalue weighted by molar-refractivity contribution is 0.0525. The van der Waals surface area contributed by atoms with Crippen molar-refractivity contribution in [3.05, 3.63) is 52.8 Å². The second-order valence-corrected chi connectivity index (χ2v) is 7.09. The summed E-state index contributed by atoms with van der Waals surface area (Å²) in [5, 5.41) is 0. The van der Waals surface area contributed by atoms with E-state index in [1.165, 1.54) is 12.8 Å². The molecule has 0 spiro atoms. The summed E-state index contributed by atoms with van der Waals surface area (Å²) in [5.74, 6) is -0.193. The van der Waals surface area contributed by atoms with Crippen LogP contribution >= 0.6 is 0 Å². The molecule has 0 saturated carbocycles. The molecule has 1 fully saturated rings. The summed E-state index contributed by atoms with van der Waals surface area (Å²) >= 11 is 0. The van der Waals surface area contributed by atoms with Gasteiger partial charge in [-0.25, -0.2) is 4.79 Å². The second kappa shape index (κ2) is 8.42. The number of hydrogen-bond donors (Lipinski definition) is 0. The predicted octanol–water partition coefficient (Wildman–Crippen LogP) is 4.29. The first kappa shape index (κ1) is 19.2. The van der Waals surface area contributed by atoms with Gasteiger partial charge in [0.1, 0.15) is 0 Å². The van der Waals surface area contributed by atoms with Crippen molar-refractivity contribution in [2.75, 3.05) is 19.7 Å². The molecule has 2 heterocycles. The van der Waals surface area contributed by atoms with Crippen LogP contribution in [0.2, 0.25) is 0 Å². The van der Waals surface area contributed by atoms with Crippen LogP contribution in [-0.4, -0.2) is 41.0 Å². The van der Waals surface area contributed by atoms with Gasteiger partial charge in [0, 0.05) is 35.7 Å². The van der Waals surface area contributed by atoms with Gasteiger partial charge in [-0.3, -0.25) is 4.79 Å². The summed E-state index contributed by atoms with van der Waals surface area (Å²) < 4.78 is 7.16. The number of benzene rings is 1. The number of ether oxygens (including phenoxy) is 1. The van der Waals surface area contributed by atoms with E-state index in [2.05, 4.69) is 0 Å². The van der Waals surface area contributed by atoms with Gasteiger partial charge in [0.2, 0.25) is 0 Å². The van der Waals surface area contributed by atoms with Gasteiger partial charge < -0.3 is 14.2 Å². The van der Waals surface area contributed by atoms with Gasteiger partial charge in [0.05, 0.1) is 12.2 Å². The Morgan fingerprint density at radius 1 is 1.00 bits per heavy atom. The average Bonchev–Trinajstić information content (AvgIpc) is 2.84. The van der Waals surface area contributed by atoms with Crippen LogP contribution in [0.3, 0.4) is 0 Å². The maximum atomic E-state index is 12.8. The summed E-state index contributed by atoms with van der Waals surface area (Å²) in [5.41, 5.74) is 4.04. The summed E-state index contributed by atoms with van der Waals surface area (Å²) in [6, 6.07) is 9.50. The molecule has 1 aliphatic heterocycles. The van der Waals surface area contributed by atoms with Crippen molar-refractivity contribution in [1.82, 2.24) is 9.47 Å². The highest BCUT2D eigenvalue weighted by molar-refractivity contribution is 5.94. The number of carbonyl (C=O) groups excluding carboxylic acids is 2. The monoisotopic (exact) mass is 368 g/mol. The van der Waals surface area contributed by atoms with Crippen molar-refractivity contribution in [1.29, 1.82) is 0 Å². The molecular weight excluding hydrogens is 340 g/mol. The van der Waals surface area contributed by atoms with Crippen molar-refractivity contribution in [2.45, 2.75) is 46.5 Å². The van der Waals surface area contributed by atoms with E-state index in [-0.39, 0.29) is 11.9 Å². The number of aromatic nitrogens is 1. The lowest BCUT2D eigenvalue weighted by Gasteiger charge is -2.20. The van der Waals surface area contributed by atoms with Crippen LogP contribution in [0, 0.1) is 13.8 Å². The molecule has 3 rings (SSSR count). The van der Waals surface area contributed by atoms with Crippen molar-refractivity contribution < 1.29 is 14.3 Å². The van der Waals surface area contributed by atoms with E-state index in [0.29, 0.717) is 17.7 Å². The lowest BCUT2D eigenvalue weighted by Crippen LogP contribution is -2.31. The van der Waals surface area contributed by atoms with Crippen molar-refractivity contribution in [3.63, 3.8) is 0 Å². The Bertz CT molecular complexity index is 813. The number of aryl methyl sites for hydroxylation is 1. The van der Waals surface area contributed by atoms with Gasteiger partial charge in [-0.1, -0.05) is 12.8 Å². The number of nitrogens with zero attached hydrogens (tertiary/aromatic N) is 2. The van der Waals surface area contributed by atoms with Gasteiger partial charge in [0.25, 0.3) is 5.91 Å². The molecule has 0 radical (unpaired) electrons. The highest BCUT2D eigenvalue weighted by Crippen LogP contribution is 2.22. The third-order valence-electron chi connectivity index (χ3n) is 5.19. The largest absolute Gasteiger partial charge is 0.462 e. The molecular formula is C22H28N2O3. The Balaban J connectivity index is 1.83. The molecule has 1 saturated heterocycles. The molecule has 0 aliphatic carbocycles. The standard InChI is InChI=1S/C22H28N2O3/c1-4-27-22(26)20-15-16(2)24(17(20)3)19-11-9-18(10-12-19)21(25)23-13-7-5-6-8-14-23/h9-12,15H,4-8,13-14H2,1-3H3. The zero-order valence-corrected chi connectivity index (χ0v) is 16.5. The molecule has 144 valence electrons. The molecule has 1 amide bonds. The van der Waals surface area contributed by atoms with Crippen LogP contribution in [0.5, 0.6) is 0 Å². The van der Waals surface area contributed by atoms with E-state index in [1.54, 1.807) is 6.92 Å². The van der Waals surface area contributed by atoms with Crippen molar-refractivity contribution >= 4 is 11.9 Å². The maximum absolute atomic E-state index is 12.8. The molecule has 0 unspecified atom stereocenters. The highest BCUT2D eigenvalue weighted by atomic mass is 16.5. The molecule has 0 N–H and O–H groups in total. The fourth-order valence-electron chi connectivity index (χ4n) is 3.79. The number of carbonyl (C=O) groups is 2. The Hall–Kier alpha value is -2.56. The summed E-state index contributed by atoms with van der Waals surface area (Å²) in [6.45, 7) is 7.73. The first-order valence-corrected chi connectivity index (χ1v) is 9.78. The number of hydrogen-bond acceptors (Lipinski definition) is 3. The smallest absolute Gasteiger partial charge is 0.339 e. The highest BCUT2D eigenvalue weighted by Gasteiger charge is 2.19. The molecule has 1 aromatic heterocycles. The van der Waals surface area contributed by atoms with Gasteiger partial charge >= 0.3 is 5.97 Å². The van der Waals surface area contributed by atoms with E-state index in [1.807, 2.05) is 53.6 Å². The Labute approximate surface area is 160 Å². The zero-order chi connectivity index (χ0) is 19.4. The minimum Gasteiger partial charge on any atom is -0.462 e. The van der Waals surface area contributed by atoms with Gasteiger partial charge in [-0.15, -0.1) is 0 Å². The van der Waals surface area contributed by atoms with E-state index in [9.17, 15) is 9.59 Å². The van der Waals surface area contributed by atoms with Crippen molar-refractivity contribution in [2.24, 2.45) is 0 Å². The molecule has 1 aliphatic rings. The fraction of sp³-hybridized carbons (Fsp3) is 0.455. The summed E-state index contributed by atoms with van der Waals surface area (Å²) in [4.78, 5) is 26.8. The first-order valence-electron chi connectivity index (χ1n) is 9.78. The van der Waals surface area contributed by atoms with E-state index in [0.717, 1.165) is 43.0 Å². The third-order valence-corrected chi connectivity index (χ3v) is 5.19. The predicted molar refractivity (Wildman–Crippen MR) is 106 cm³/mol. The fourth-order valence-corrected chi connectivity index (χ4v) is 3.79. The van der Waals surface area contributed by atoms with Crippen LogP contribution < -0.4 is 0 Å². The van der Waals surface area contributed by atoms with E-state index < -0.39 is 0 Å².